The number of hydrogen-bond donors (Lipinski definition) is 0. The molecule has 0 aliphatic carbocycles. The van der Waals surface area contributed by atoms with Gasteiger partial charge in [-0.15, -0.1) is 0 Å². The molecule has 0 aliphatic rings. The molecule has 0 amide bonds. The van der Waals surface area contributed by atoms with Crippen LogP contribution < -0.4 is 4.70 Å². The zero-order valence-corrected chi connectivity index (χ0v) is 9.77. The lowest BCUT2D eigenvalue weighted by molar-refractivity contribution is -0.926. The van der Waals surface area contributed by atoms with Crippen LogP contribution in [0.5, 0.6) is 0 Å². The van der Waals surface area contributed by atoms with E-state index in [2.05, 4.69) is 27.7 Å². The Balaban J connectivity index is 0. The molecule has 0 bridgehead atoms. The summed E-state index contributed by atoms with van der Waals surface area (Å²) in [5.74, 6) is 0. The molecule has 0 unspecified atom stereocenters. The van der Waals surface area contributed by atoms with Gasteiger partial charge in [-0.25, -0.2) is 0 Å². The van der Waals surface area contributed by atoms with Gasteiger partial charge in [-0.05, 0) is 26.2 Å². The van der Waals surface area contributed by atoms with Crippen LogP contribution in [0.3, 0.4) is 0 Å². The van der Waals surface area contributed by atoms with Crippen molar-refractivity contribution in [2.24, 2.45) is 0 Å². The Morgan fingerprint density at radius 3 is 1.15 bits per heavy atom. The Labute approximate surface area is 83.1 Å². The van der Waals surface area contributed by atoms with Crippen LogP contribution in [-0.2, 0) is 0 Å². The van der Waals surface area contributed by atoms with E-state index >= 15 is 0 Å². The Kier molecular flexibility index (Phi) is 10.0. The van der Waals surface area contributed by atoms with E-state index < -0.39 is 0 Å². The molecule has 0 spiro atoms. The van der Waals surface area contributed by atoms with Crippen molar-refractivity contribution in [1.29, 1.82) is 0 Å². The van der Waals surface area contributed by atoms with Gasteiger partial charge < -0.3 is 9.19 Å². The lowest BCUT2D eigenvalue weighted by atomic mass is 10.2. The van der Waals surface area contributed by atoms with E-state index in [1.165, 1.54) is 49.9 Å². The van der Waals surface area contributed by atoms with Crippen LogP contribution >= 0.6 is 0 Å². The van der Waals surface area contributed by atoms with Crippen molar-refractivity contribution in [2.75, 3.05) is 26.2 Å². The standard InChI is InChI=1S/C11H26N.FH/c1-5-9-12(8-4,10-6-2)11-7-3;/h5-11H2,1-4H3;1H/q+1;/p-1. The smallest absolute Gasteiger partial charge is 0.0783 e. The molecule has 0 saturated carbocycles. The summed E-state index contributed by atoms with van der Waals surface area (Å²) >= 11 is 0. The Bertz CT molecular complexity index is 87.2. The van der Waals surface area contributed by atoms with Gasteiger partial charge in [0.15, 0.2) is 0 Å². The van der Waals surface area contributed by atoms with E-state index in [1.807, 2.05) is 0 Å². The molecule has 0 rings (SSSR count). The zero-order chi connectivity index (χ0) is 9.45. The minimum absolute atomic E-state index is 0. The second kappa shape index (κ2) is 8.49. The van der Waals surface area contributed by atoms with Crippen LogP contribution in [-0.4, -0.2) is 30.7 Å². The summed E-state index contributed by atoms with van der Waals surface area (Å²) in [5, 5.41) is 0. The van der Waals surface area contributed by atoms with Crippen LogP contribution in [0.15, 0.2) is 0 Å². The van der Waals surface area contributed by atoms with Crippen LogP contribution in [0.25, 0.3) is 0 Å². The first-order valence-electron chi connectivity index (χ1n) is 5.59. The monoisotopic (exact) mass is 191 g/mol. The molecule has 2 heteroatoms. The van der Waals surface area contributed by atoms with Gasteiger partial charge in [-0.3, -0.25) is 0 Å². The minimum Gasteiger partial charge on any atom is -1.00 e. The molecule has 0 aromatic rings. The zero-order valence-electron chi connectivity index (χ0n) is 9.77. The molecular weight excluding hydrogens is 165 g/mol. The van der Waals surface area contributed by atoms with Gasteiger partial charge in [0.05, 0.1) is 26.2 Å². The predicted octanol–water partition coefficient (Wildman–Crippen LogP) is 0.0571. The molecular formula is C11H26FN. The maximum Gasteiger partial charge on any atom is 0.0783 e. The van der Waals surface area contributed by atoms with Gasteiger partial charge in [-0.1, -0.05) is 20.8 Å². The minimum atomic E-state index is 0. The number of halogens is 1. The number of rotatable bonds is 7. The quantitative estimate of drug-likeness (QED) is 0.499. The highest BCUT2D eigenvalue weighted by Gasteiger charge is 2.21. The van der Waals surface area contributed by atoms with Crippen molar-refractivity contribution in [3.8, 4) is 0 Å². The Morgan fingerprint density at radius 1 is 0.692 bits per heavy atom. The Hall–Kier alpha value is -0.110. The first kappa shape index (κ1) is 15.4. The summed E-state index contributed by atoms with van der Waals surface area (Å²) in [4.78, 5) is 0. The lowest BCUT2D eigenvalue weighted by Crippen LogP contribution is -3.00. The summed E-state index contributed by atoms with van der Waals surface area (Å²) < 4.78 is 1.35. The summed E-state index contributed by atoms with van der Waals surface area (Å²) in [7, 11) is 0. The van der Waals surface area contributed by atoms with Crippen LogP contribution in [0, 0.1) is 0 Å². The third kappa shape index (κ3) is 5.25. The molecule has 0 radical (unpaired) electrons. The second-order valence-electron chi connectivity index (χ2n) is 3.83. The topological polar surface area (TPSA) is 0 Å². The molecule has 0 aliphatic heterocycles. The van der Waals surface area contributed by atoms with E-state index in [4.69, 9.17) is 0 Å². The number of nitrogens with zero attached hydrogens (tertiary/aromatic N) is 1. The fourth-order valence-electron chi connectivity index (χ4n) is 2.23. The van der Waals surface area contributed by atoms with Crippen molar-refractivity contribution in [1.82, 2.24) is 0 Å². The predicted molar refractivity (Wildman–Crippen MR) is 56.3 cm³/mol. The molecule has 0 aromatic carbocycles. The van der Waals surface area contributed by atoms with Gasteiger partial charge in [0, 0.05) is 0 Å². The normalized spacial score (nSPS) is 11.1. The summed E-state index contributed by atoms with van der Waals surface area (Å²) in [6, 6.07) is 0. The maximum absolute atomic E-state index is 2.33. The van der Waals surface area contributed by atoms with Crippen molar-refractivity contribution < 1.29 is 9.19 Å². The number of quaternary nitrogens is 1. The first-order valence-corrected chi connectivity index (χ1v) is 5.59. The van der Waals surface area contributed by atoms with Crippen molar-refractivity contribution in [3.05, 3.63) is 0 Å². The average Bonchev–Trinajstić information content (AvgIpc) is 2.06. The highest BCUT2D eigenvalue weighted by atomic mass is 19.0. The molecule has 0 atom stereocenters. The van der Waals surface area contributed by atoms with Crippen LogP contribution in [0.4, 0.5) is 0 Å². The van der Waals surface area contributed by atoms with Gasteiger partial charge in [0.2, 0.25) is 0 Å². The van der Waals surface area contributed by atoms with Crippen molar-refractivity contribution in [2.45, 2.75) is 47.0 Å². The lowest BCUT2D eigenvalue weighted by Gasteiger charge is -2.37. The summed E-state index contributed by atoms with van der Waals surface area (Å²) in [6.45, 7) is 14.7. The summed E-state index contributed by atoms with van der Waals surface area (Å²) in [5.41, 5.74) is 0. The summed E-state index contributed by atoms with van der Waals surface area (Å²) in [6.07, 6.45) is 3.98. The molecule has 0 aromatic heterocycles. The maximum atomic E-state index is 2.33. The molecule has 82 valence electrons. The van der Waals surface area contributed by atoms with E-state index in [0.717, 1.165) is 0 Å². The van der Waals surface area contributed by atoms with E-state index in [-0.39, 0.29) is 4.70 Å². The average molecular weight is 191 g/mol. The highest BCUT2D eigenvalue weighted by Crippen LogP contribution is 2.10. The van der Waals surface area contributed by atoms with Gasteiger partial charge >= 0.3 is 0 Å². The molecule has 1 nitrogen and oxygen atoms in total. The fraction of sp³-hybridized carbons (Fsp3) is 1.00. The van der Waals surface area contributed by atoms with E-state index in [1.54, 1.807) is 0 Å². The first-order chi connectivity index (χ1) is 5.74. The molecule has 0 N–H and O–H groups in total. The van der Waals surface area contributed by atoms with Gasteiger partial charge in [0.1, 0.15) is 0 Å². The van der Waals surface area contributed by atoms with Crippen LogP contribution in [0.1, 0.15) is 47.0 Å². The Morgan fingerprint density at radius 2 is 1.00 bits per heavy atom. The molecule has 0 fully saturated rings. The number of hydrogen-bond acceptors (Lipinski definition) is 0. The highest BCUT2D eigenvalue weighted by molar-refractivity contribution is 4.41. The second-order valence-corrected chi connectivity index (χ2v) is 3.83. The van der Waals surface area contributed by atoms with Crippen LogP contribution in [0.2, 0.25) is 0 Å². The van der Waals surface area contributed by atoms with Crippen molar-refractivity contribution >= 4 is 0 Å². The fourth-order valence-corrected chi connectivity index (χ4v) is 2.23. The van der Waals surface area contributed by atoms with Crippen molar-refractivity contribution in [3.63, 3.8) is 0 Å². The third-order valence-corrected chi connectivity index (χ3v) is 2.76. The molecule has 13 heavy (non-hydrogen) atoms. The molecule has 0 saturated heterocycles. The molecule has 0 heterocycles. The third-order valence-electron chi connectivity index (χ3n) is 2.76. The van der Waals surface area contributed by atoms with E-state index in [0.29, 0.717) is 0 Å². The van der Waals surface area contributed by atoms with E-state index in [9.17, 15) is 0 Å². The largest absolute Gasteiger partial charge is 1.00 e. The van der Waals surface area contributed by atoms with Gasteiger partial charge in [0.25, 0.3) is 0 Å². The SMILES string of the molecule is CCC[N+](CC)(CCC)CCC.[F-]. The van der Waals surface area contributed by atoms with Gasteiger partial charge in [-0.2, -0.15) is 0 Å².